The second kappa shape index (κ2) is 10.0. The van der Waals surface area contributed by atoms with Gasteiger partial charge < -0.3 is 18.9 Å². The van der Waals surface area contributed by atoms with Crippen LogP contribution in [0.2, 0.25) is 0 Å². The Bertz CT molecular complexity index is 965. The summed E-state index contributed by atoms with van der Waals surface area (Å²) in [5.41, 5.74) is -0.188. The van der Waals surface area contributed by atoms with E-state index >= 15 is 0 Å². The molecule has 1 fully saturated rings. The van der Waals surface area contributed by atoms with E-state index in [1.54, 1.807) is 17.0 Å². The van der Waals surface area contributed by atoms with Crippen LogP contribution in [0, 0.1) is 10.1 Å². The Balaban J connectivity index is 2.04. The minimum absolute atomic E-state index is 0.0410. The summed E-state index contributed by atoms with van der Waals surface area (Å²) < 4.78 is 22.2. The number of benzene rings is 1. The molecule has 1 aliphatic heterocycles. The summed E-state index contributed by atoms with van der Waals surface area (Å²) in [5.74, 6) is -0.431. The number of ether oxygens (including phenoxy) is 4. The summed E-state index contributed by atoms with van der Waals surface area (Å²) in [6.45, 7) is 2.36. The second-order valence-electron chi connectivity index (χ2n) is 6.82. The first-order valence-corrected chi connectivity index (χ1v) is 9.70. The maximum Gasteiger partial charge on any atom is 0.341 e. The molecule has 31 heavy (non-hydrogen) atoms. The first-order valence-electron chi connectivity index (χ1n) is 9.70. The van der Waals surface area contributed by atoms with Crippen molar-refractivity contribution in [3.05, 3.63) is 46.0 Å². The Kier molecular flexibility index (Phi) is 7.19. The quantitative estimate of drug-likeness (QED) is 0.266. The molecular weight excluding hydrogens is 410 g/mol. The molecule has 166 valence electrons. The van der Waals surface area contributed by atoms with Crippen LogP contribution >= 0.6 is 0 Å². The van der Waals surface area contributed by atoms with E-state index in [0.717, 1.165) is 18.9 Å². The lowest BCUT2D eigenvalue weighted by molar-refractivity contribution is -0.384. The normalized spacial score (nSPS) is 14.1. The SMILES string of the molecule is COC(=O)c1cc([N+](=O)[O-])c(-n2ccnc2C2CCOCC2)cc1OCCOC(C)=O. The third kappa shape index (κ3) is 5.18. The summed E-state index contributed by atoms with van der Waals surface area (Å²) in [7, 11) is 1.17. The molecule has 2 aromatic rings. The molecule has 2 heterocycles. The molecule has 0 amide bonds. The van der Waals surface area contributed by atoms with Crippen molar-refractivity contribution in [3.8, 4) is 11.4 Å². The lowest BCUT2D eigenvalue weighted by Crippen LogP contribution is -2.18. The summed E-state index contributed by atoms with van der Waals surface area (Å²) in [6, 6.07) is 2.53. The minimum atomic E-state index is -0.785. The van der Waals surface area contributed by atoms with Crippen molar-refractivity contribution in [1.29, 1.82) is 0 Å². The molecule has 0 radical (unpaired) electrons. The fraction of sp³-hybridized carbons (Fsp3) is 0.450. The predicted molar refractivity (Wildman–Crippen MR) is 106 cm³/mol. The first-order chi connectivity index (χ1) is 14.9. The van der Waals surface area contributed by atoms with Crippen molar-refractivity contribution < 1.29 is 33.5 Å². The van der Waals surface area contributed by atoms with Crippen LogP contribution < -0.4 is 4.74 Å². The molecule has 0 spiro atoms. The van der Waals surface area contributed by atoms with Crippen molar-refractivity contribution in [2.45, 2.75) is 25.7 Å². The van der Waals surface area contributed by atoms with Gasteiger partial charge in [0.25, 0.3) is 5.69 Å². The Morgan fingerprint density at radius 1 is 1.29 bits per heavy atom. The third-order valence-corrected chi connectivity index (χ3v) is 4.84. The molecule has 11 heteroatoms. The maximum absolute atomic E-state index is 12.2. The van der Waals surface area contributed by atoms with Gasteiger partial charge in [-0.3, -0.25) is 19.5 Å². The number of hydrogen-bond donors (Lipinski definition) is 0. The van der Waals surface area contributed by atoms with E-state index in [2.05, 4.69) is 4.98 Å². The zero-order valence-corrected chi connectivity index (χ0v) is 17.2. The lowest BCUT2D eigenvalue weighted by atomic mass is 9.99. The molecule has 0 saturated carbocycles. The summed E-state index contributed by atoms with van der Waals surface area (Å²) in [4.78, 5) is 38.8. The van der Waals surface area contributed by atoms with Crippen molar-refractivity contribution >= 4 is 17.6 Å². The topological polar surface area (TPSA) is 132 Å². The minimum Gasteiger partial charge on any atom is -0.489 e. The van der Waals surface area contributed by atoms with E-state index in [0.29, 0.717) is 19.0 Å². The molecule has 0 atom stereocenters. The van der Waals surface area contributed by atoms with Gasteiger partial charge in [-0.2, -0.15) is 0 Å². The fourth-order valence-corrected chi connectivity index (χ4v) is 3.40. The average Bonchev–Trinajstić information content (AvgIpc) is 3.26. The predicted octanol–water partition coefficient (Wildman–Crippen LogP) is 2.40. The Hall–Kier alpha value is -3.47. The van der Waals surface area contributed by atoms with Crippen LogP contribution in [0.4, 0.5) is 5.69 Å². The van der Waals surface area contributed by atoms with E-state index in [4.69, 9.17) is 18.9 Å². The Labute approximate surface area is 178 Å². The van der Waals surface area contributed by atoms with E-state index < -0.39 is 16.9 Å². The number of nitro groups is 1. The summed E-state index contributed by atoms with van der Waals surface area (Å²) in [6.07, 6.45) is 4.70. The van der Waals surface area contributed by atoms with Gasteiger partial charge in [-0.1, -0.05) is 0 Å². The van der Waals surface area contributed by atoms with Gasteiger partial charge in [-0.25, -0.2) is 9.78 Å². The van der Waals surface area contributed by atoms with Crippen LogP contribution in [-0.4, -0.2) is 60.0 Å². The maximum atomic E-state index is 12.2. The molecule has 0 unspecified atom stereocenters. The zero-order chi connectivity index (χ0) is 22.4. The fourth-order valence-electron chi connectivity index (χ4n) is 3.40. The molecular formula is C20H23N3O8. The molecule has 1 saturated heterocycles. The molecule has 1 aliphatic rings. The van der Waals surface area contributed by atoms with E-state index in [9.17, 15) is 19.7 Å². The third-order valence-electron chi connectivity index (χ3n) is 4.84. The number of nitrogens with zero attached hydrogens (tertiary/aromatic N) is 3. The van der Waals surface area contributed by atoms with Crippen molar-refractivity contribution in [3.63, 3.8) is 0 Å². The number of esters is 2. The zero-order valence-electron chi connectivity index (χ0n) is 17.2. The van der Waals surface area contributed by atoms with Crippen LogP contribution in [0.1, 0.15) is 41.9 Å². The number of hydrogen-bond acceptors (Lipinski definition) is 9. The number of aromatic nitrogens is 2. The highest BCUT2D eigenvalue weighted by Crippen LogP contribution is 2.35. The molecule has 0 bridgehead atoms. The Morgan fingerprint density at radius 3 is 2.68 bits per heavy atom. The van der Waals surface area contributed by atoms with Crippen LogP contribution in [0.25, 0.3) is 5.69 Å². The van der Waals surface area contributed by atoms with Crippen molar-refractivity contribution in [1.82, 2.24) is 9.55 Å². The van der Waals surface area contributed by atoms with Gasteiger partial charge in [0, 0.05) is 50.6 Å². The standard InChI is InChI=1S/C20H23N3O8/c1-13(24)30-9-10-31-18-12-16(17(23(26)27)11-15(18)20(25)28-2)22-6-5-21-19(22)14-3-7-29-8-4-14/h5-6,11-12,14H,3-4,7-10H2,1-2H3. The number of nitro benzene ring substituents is 1. The highest BCUT2D eigenvalue weighted by atomic mass is 16.6. The van der Waals surface area contributed by atoms with Gasteiger partial charge >= 0.3 is 11.9 Å². The van der Waals surface area contributed by atoms with Gasteiger partial charge in [-0.15, -0.1) is 0 Å². The van der Waals surface area contributed by atoms with Crippen molar-refractivity contribution in [2.75, 3.05) is 33.5 Å². The van der Waals surface area contributed by atoms with Gasteiger partial charge in [0.15, 0.2) is 0 Å². The van der Waals surface area contributed by atoms with E-state index in [1.165, 1.54) is 20.1 Å². The Morgan fingerprint density at radius 2 is 2.03 bits per heavy atom. The highest BCUT2D eigenvalue weighted by Gasteiger charge is 2.28. The second-order valence-corrected chi connectivity index (χ2v) is 6.82. The lowest BCUT2D eigenvalue weighted by Gasteiger charge is -2.22. The molecule has 1 aromatic heterocycles. The van der Waals surface area contributed by atoms with E-state index in [1.807, 2.05) is 0 Å². The van der Waals surface area contributed by atoms with Crippen LogP contribution in [0.5, 0.6) is 5.75 Å². The van der Waals surface area contributed by atoms with Crippen LogP contribution in [0.15, 0.2) is 24.5 Å². The summed E-state index contributed by atoms with van der Waals surface area (Å²) in [5, 5.41) is 11.8. The molecule has 1 aromatic carbocycles. The number of methoxy groups -OCH3 is 1. The largest absolute Gasteiger partial charge is 0.489 e. The number of rotatable bonds is 8. The molecule has 11 nitrogen and oxygen atoms in total. The van der Waals surface area contributed by atoms with Crippen LogP contribution in [-0.2, 0) is 19.0 Å². The smallest absolute Gasteiger partial charge is 0.341 e. The average molecular weight is 433 g/mol. The highest BCUT2D eigenvalue weighted by molar-refractivity contribution is 5.94. The van der Waals surface area contributed by atoms with Gasteiger partial charge in [-0.05, 0) is 12.8 Å². The van der Waals surface area contributed by atoms with Gasteiger partial charge in [0.2, 0.25) is 0 Å². The van der Waals surface area contributed by atoms with Crippen LogP contribution in [0.3, 0.4) is 0 Å². The van der Waals surface area contributed by atoms with Gasteiger partial charge in [0.1, 0.15) is 36.0 Å². The number of carbonyl (C=O) groups is 2. The molecule has 3 rings (SSSR count). The summed E-state index contributed by atoms with van der Waals surface area (Å²) >= 11 is 0. The molecule has 0 aliphatic carbocycles. The monoisotopic (exact) mass is 433 g/mol. The number of carbonyl (C=O) groups excluding carboxylic acids is 2. The molecule has 0 N–H and O–H groups in total. The van der Waals surface area contributed by atoms with Gasteiger partial charge in [0.05, 0.1) is 12.0 Å². The van der Waals surface area contributed by atoms with E-state index in [-0.39, 0.29) is 41.8 Å². The number of imidazole rings is 1. The first kappa shape index (κ1) is 22.2. The van der Waals surface area contributed by atoms with Crippen molar-refractivity contribution in [2.24, 2.45) is 0 Å².